The summed E-state index contributed by atoms with van der Waals surface area (Å²) in [5, 5.41) is 11.0. The summed E-state index contributed by atoms with van der Waals surface area (Å²) >= 11 is 0. The number of amides is 3. The maximum Gasteiger partial charge on any atom is 0.318 e. The second-order valence-electron chi connectivity index (χ2n) is 3.56. The third-order valence-corrected chi connectivity index (χ3v) is 2.05. The van der Waals surface area contributed by atoms with E-state index in [1.807, 2.05) is 0 Å². The van der Waals surface area contributed by atoms with Gasteiger partial charge < -0.3 is 15.6 Å². The van der Waals surface area contributed by atoms with Crippen LogP contribution in [0.25, 0.3) is 0 Å². The maximum absolute atomic E-state index is 13.4. The maximum atomic E-state index is 13.4. The molecule has 0 radical (unpaired) electrons. The molecule has 98 valence electrons. The summed E-state index contributed by atoms with van der Waals surface area (Å²) in [6.45, 7) is 0.968. The number of carbonyl (C=O) groups is 2. The van der Waals surface area contributed by atoms with Gasteiger partial charge in [0.25, 0.3) is 5.91 Å². The summed E-state index contributed by atoms with van der Waals surface area (Å²) < 4.78 is 18.4. The van der Waals surface area contributed by atoms with Crippen LogP contribution in [-0.4, -0.2) is 23.7 Å². The fraction of sp³-hybridized carbons (Fsp3) is 0.273. The average Bonchev–Trinajstić information content (AvgIpc) is 2.25. The lowest BCUT2D eigenvalue weighted by Crippen LogP contribution is -2.38. The van der Waals surface area contributed by atoms with Crippen LogP contribution in [0.3, 0.4) is 0 Å². The first-order valence-corrected chi connectivity index (χ1v) is 5.09. The SMILES string of the molecule is CC(O)c1ccc(OCC(=O)NC(N)=O)cc1F. The molecule has 1 aromatic carbocycles. The van der Waals surface area contributed by atoms with E-state index in [2.05, 4.69) is 0 Å². The van der Waals surface area contributed by atoms with Gasteiger partial charge in [0.1, 0.15) is 11.6 Å². The number of nitrogens with one attached hydrogen (secondary N) is 1. The highest BCUT2D eigenvalue weighted by atomic mass is 19.1. The van der Waals surface area contributed by atoms with Crippen molar-refractivity contribution in [2.45, 2.75) is 13.0 Å². The van der Waals surface area contributed by atoms with Crippen molar-refractivity contribution in [1.82, 2.24) is 5.32 Å². The van der Waals surface area contributed by atoms with Crippen LogP contribution in [0.1, 0.15) is 18.6 Å². The van der Waals surface area contributed by atoms with Crippen molar-refractivity contribution < 1.29 is 23.8 Å². The molecule has 0 aliphatic rings. The molecule has 3 amide bonds. The van der Waals surface area contributed by atoms with Crippen LogP contribution >= 0.6 is 0 Å². The van der Waals surface area contributed by atoms with E-state index in [0.29, 0.717) is 0 Å². The van der Waals surface area contributed by atoms with Crippen molar-refractivity contribution in [3.8, 4) is 5.75 Å². The molecule has 0 aromatic heterocycles. The Hall–Kier alpha value is -2.15. The molecule has 1 aromatic rings. The molecule has 0 aliphatic carbocycles. The second kappa shape index (κ2) is 5.97. The van der Waals surface area contributed by atoms with E-state index in [1.54, 1.807) is 5.32 Å². The first-order chi connectivity index (χ1) is 8.40. The second-order valence-corrected chi connectivity index (χ2v) is 3.56. The van der Waals surface area contributed by atoms with Gasteiger partial charge in [0.05, 0.1) is 6.10 Å². The number of primary amides is 1. The number of benzene rings is 1. The summed E-state index contributed by atoms with van der Waals surface area (Å²) in [6, 6.07) is 2.81. The molecule has 18 heavy (non-hydrogen) atoms. The fourth-order valence-corrected chi connectivity index (χ4v) is 1.26. The van der Waals surface area contributed by atoms with Crippen LogP contribution < -0.4 is 15.8 Å². The minimum Gasteiger partial charge on any atom is -0.484 e. The molecule has 0 saturated heterocycles. The molecule has 1 rings (SSSR count). The molecule has 1 unspecified atom stereocenters. The monoisotopic (exact) mass is 256 g/mol. The summed E-state index contributed by atoms with van der Waals surface area (Å²) in [5.41, 5.74) is 4.85. The minimum absolute atomic E-state index is 0.108. The summed E-state index contributed by atoms with van der Waals surface area (Å²) in [6.07, 6.45) is -0.933. The predicted molar refractivity (Wildman–Crippen MR) is 60.3 cm³/mol. The Bertz CT molecular complexity index is 462. The number of carbonyl (C=O) groups excluding carboxylic acids is 2. The number of rotatable bonds is 4. The molecule has 0 fully saturated rings. The van der Waals surface area contributed by atoms with Crippen molar-refractivity contribution >= 4 is 11.9 Å². The number of hydrogen-bond donors (Lipinski definition) is 3. The Morgan fingerprint density at radius 3 is 2.72 bits per heavy atom. The lowest BCUT2D eigenvalue weighted by Gasteiger charge is -2.09. The highest BCUT2D eigenvalue weighted by Crippen LogP contribution is 2.21. The van der Waals surface area contributed by atoms with E-state index < -0.39 is 30.5 Å². The van der Waals surface area contributed by atoms with Gasteiger partial charge in [-0.05, 0) is 19.1 Å². The Morgan fingerprint density at radius 2 is 2.22 bits per heavy atom. The quantitative estimate of drug-likeness (QED) is 0.728. The number of nitrogens with two attached hydrogens (primary N) is 1. The zero-order valence-electron chi connectivity index (χ0n) is 9.64. The topological polar surface area (TPSA) is 102 Å². The number of imide groups is 1. The highest BCUT2D eigenvalue weighted by molar-refractivity contribution is 5.94. The zero-order chi connectivity index (χ0) is 13.7. The van der Waals surface area contributed by atoms with Gasteiger partial charge >= 0.3 is 6.03 Å². The lowest BCUT2D eigenvalue weighted by molar-refractivity contribution is -0.121. The van der Waals surface area contributed by atoms with Crippen LogP contribution in [0.15, 0.2) is 18.2 Å². The van der Waals surface area contributed by atoms with Gasteiger partial charge in [-0.3, -0.25) is 10.1 Å². The van der Waals surface area contributed by atoms with E-state index in [4.69, 9.17) is 10.5 Å². The number of aliphatic hydroxyl groups excluding tert-OH is 1. The molecule has 1 atom stereocenters. The van der Waals surface area contributed by atoms with Crippen molar-refractivity contribution in [2.24, 2.45) is 5.73 Å². The molecule has 0 bridgehead atoms. The van der Waals surface area contributed by atoms with Crippen LogP contribution in [-0.2, 0) is 4.79 Å². The molecule has 0 spiro atoms. The number of hydrogen-bond acceptors (Lipinski definition) is 4. The molecular weight excluding hydrogens is 243 g/mol. The predicted octanol–water partition coefficient (Wildman–Crippen LogP) is 0.453. The molecule has 4 N–H and O–H groups in total. The van der Waals surface area contributed by atoms with Crippen molar-refractivity contribution in [2.75, 3.05) is 6.61 Å². The Morgan fingerprint density at radius 1 is 1.56 bits per heavy atom. The van der Waals surface area contributed by atoms with E-state index in [-0.39, 0.29) is 11.3 Å². The molecule has 0 aliphatic heterocycles. The normalized spacial score (nSPS) is 11.7. The standard InChI is InChI=1S/C11H13FN2O4/c1-6(15)8-3-2-7(4-9(8)12)18-5-10(16)14-11(13)17/h2-4,6,15H,5H2,1H3,(H3,13,14,16,17). The number of ether oxygens (including phenoxy) is 1. The average molecular weight is 256 g/mol. The molecule has 6 nitrogen and oxygen atoms in total. The third kappa shape index (κ3) is 4.02. The first-order valence-electron chi connectivity index (χ1n) is 5.09. The van der Waals surface area contributed by atoms with Gasteiger partial charge in [-0.25, -0.2) is 9.18 Å². The first kappa shape index (κ1) is 13.9. The van der Waals surface area contributed by atoms with Gasteiger partial charge in [0.2, 0.25) is 0 Å². The molecule has 0 saturated carbocycles. The van der Waals surface area contributed by atoms with Crippen LogP contribution in [0.5, 0.6) is 5.75 Å². The van der Waals surface area contributed by atoms with E-state index >= 15 is 0 Å². The van der Waals surface area contributed by atoms with E-state index in [1.165, 1.54) is 19.1 Å². The summed E-state index contributed by atoms with van der Waals surface area (Å²) in [4.78, 5) is 21.4. The Balaban J connectivity index is 2.61. The Labute approximate surface area is 103 Å². The summed E-state index contributed by atoms with van der Waals surface area (Å²) in [7, 11) is 0. The van der Waals surface area contributed by atoms with Crippen molar-refractivity contribution in [3.05, 3.63) is 29.6 Å². The van der Waals surface area contributed by atoms with Crippen molar-refractivity contribution in [1.29, 1.82) is 0 Å². The third-order valence-electron chi connectivity index (χ3n) is 2.05. The van der Waals surface area contributed by atoms with Gasteiger partial charge in [0, 0.05) is 11.6 Å². The van der Waals surface area contributed by atoms with Gasteiger partial charge in [0.15, 0.2) is 6.61 Å². The van der Waals surface area contributed by atoms with Gasteiger partial charge in [-0.15, -0.1) is 0 Å². The number of halogens is 1. The molecule has 0 heterocycles. The van der Waals surface area contributed by atoms with E-state index in [0.717, 1.165) is 6.07 Å². The fourth-order valence-electron chi connectivity index (χ4n) is 1.26. The lowest BCUT2D eigenvalue weighted by atomic mass is 10.1. The van der Waals surface area contributed by atoms with Crippen LogP contribution in [0.2, 0.25) is 0 Å². The minimum atomic E-state index is -0.987. The van der Waals surface area contributed by atoms with Crippen LogP contribution in [0, 0.1) is 5.82 Å². The largest absolute Gasteiger partial charge is 0.484 e. The van der Waals surface area contributed by atoms with Crippen LogP contribution in [0.4, 0.5) is 9.18 Å². The Kier molecular flexibility index (Phi) is 4.61. The molecule has 7 heteroatoms. The van der Waals surface area contributed by atoms with Gasteiger partial charge in [-0.2, -0.15) is 0 Å². The van der Waals surface area contributed by atoms with Crippen molar-refractivity contribution in [3.63, 3.8) is 0 Å². The van der Waals surface area contributed by atoms with Gasteiger partial charge in [-0.1, -0.05) is 0 Å². The highest BCUT2D eigenvalue weighted by Gasteiger charge is 2.10. The zero-order valence-corrected chi connectivity index (χ0v) is 9.64. The van der Waals surface area contributed by atoms with E-state index in [9.17, 15) is 19.1 Å². The number of urea groups is 1. The summed E-state index contributed by atoms with van der Waals surface area (Å²) in [5.74, 6) is -1.27. The number of aliphatic hydroxyl groups is 1. The smallest absolute Gasteiger partial charge is 0.318 e. The molecular formula is C11H13FN2O4.